The average Bonchev–Trinajstić information content (AvgIpc) is 2.82. The first kappa shape index (κ1) is 29.6. The molecular weight excluding hydrogens is 446 g/mol. The molecule has 1 rings (SSSR count). The Bertz CT molecular complexity index is 977. The van der Waals surface area contributed by atoms with Crippen molar-refractivity contribution in [3.8, 4) is 0 Å². The van der Waals surface area contributed by atoms with Gasteiger partial charge in [0.25, 0.3) is 0 Å². The lowest BCUT2D eigenvalue weighted by Crippen LogP contribution is -2.40. The van der Waals surface area contributed by atoms with Gasteiger partial charge in [-0.15, -0.1) is 0 Å². The third-order valence-corrected chi connectivity index (χ3v) is 4.87. The maximum absolute atomic E-state index is 12.1. The molecule has 188 valence electrons. The molecule has 0 aromatic rings. The molecule has 1 aliphatic rings. The Labute approximate surface area is 206 Å². The first-order valence-corrected chi connectivity index (χ1v) is 11.4. The molecule has 7 heteroatoms. The van der Waals surface area contributed by atoms with Crippen LogP contribution in [0.25, 0.3) is 0 Å². The average molecular weight is 482 g/mol. The molecule has 1 heterocycles. The summed E-state index contributed by atoms with van der Waals surface area (Å²) in [5, 5.41) is 32.8. The van der Waals surface area contributed by atoms with Crippen molar-refractivity contribution in [1.82, 2.24) is 5.32 Å². The molecule has 0 bridgehead atoms. The summed E-state index contributed by atoms with van der Waals surface area (Å²) in [5.41, 5.74) is 1.56. The smallest absolute Gasteiger partial charge is 0.227 e. The lowest BCUT2D eigenvalue weighted by molar-refractivity contribution is -0.131. The molecule has 4 atom stereocenters. The summed E-state index contributed by atoms with van der Waals surface area (Å²) in [4.78, 5) is 36.1. The number of aliphatic hydroxyl groups excluding tert-OH is 3. The third kappa shape index (κ3) is 13.2. The number of ketones is 2. The quantitative estimate of drug-likeness (QED) is 0.394. The fourth-order valence-electron chi connectivity index (χ4n) is 2.73. The third-order valence-electron chi connectivity index (χ3n) is 4.87. The summed E-state index contributed by atoms with van der Waals surface area (Å²) in [7, 11) is 0. The molecule has 0 aliphatic carbocycles. The van der Waals surface area contributed by atoms with Crippen molar-refractivity contribution >= 4 is 17.5 Å². The Balaban J connectivity index is 3.03. The van der Waals surface area contributed by atoms with E-state index in [4.69, 9.17) is 0 Å². The van der Waals surface area contributed by atoms with Gasteiger partial charge in [-0.3, -0.25) is 14.4 Å². The highest BCUT2D eigenvalue weighted by Gasteiger charge is 2.27. The first-order valence-electron chi connectivity index (χ1n) is 11.4. The second kappa shape index (κ2) is 16.3. The van der Waals surface area contributed by atoms with Gasteiger partial charge in [-0.2, -0.15) is 0 Å². The number of hydrogen-bond donors (Lipinski definition) is 4. The largest absolute Gasteiger partial charge is 0.387 e. The molecule has 35 heavy (non-hydrogen) atoms. The van der Waals surface area contributed by atoms with Crippen LogP contribution in [0.2, 0.25) is 0 Å². The molecule has 0 aromatic carbocycles. The normalized spacial score (nSPS) is 33.9. The summed E-state index contributed by atoms with van der Waals surface area (Å²) in [6, 6.07) is 0. The van der Waals surface area contributed by atoms with Gasteiger partial charge in [0.15, 0.2) is 11.6 Å². The van der Waals surface area contributed by atoms with Crippen LogP contribution in [0.1, 0.15) is 27.2 Å². The molecule has 7 nitrogen and oxygen atoms in total. The number of carbonyl (C=O) groups is 3. The Morgan fingerprint density at radius 1 is 0.771 bits per heavy atom. The first-order chi connectivity index (χ1) is 16.6. The van der Waals surface area contributed by atoms with Gasteiger partial charge in [-0.25, -0.2) is 0 Å². The Morgan fingerprint density at radius 2 is 1.43 bits per heavy atom. The van der Waals surface area contributed by atoms with Crippen molar-refractivity contribution < 1.29 is 29.7 Å². The number of carbonyl (C=O) groups excluding carboxylic acids is 3. The molecular formula is C28H35NO6. The van der Waals surface area contributed by atoms with E-state index in [0.717, 1.165) is 11.6 Å². The lowest BCUT2D eigenvalue weighted by atomic mass is 10.0. The standard InChI is InChI=1S/C28H35NO6/c1-20-10-5-4-6-12-22(3)19-29-26(33)18-23(30)17-16-21(2)13-9-15-25(32)28(35)27(34)24(31)14-8-7-11-20/h4-17,22,24,27-28,31,34-35H,18-19H2,1-3H3,(H,29,33)/b5-4+,11-7+,12-6?,14-8+,15-9+,17-16+,20-10+,21-13+/t22?,24-,27-,28?/m1/s1. The van der Waals surface area contributed by atoms with Gasteiger partial charge in [0.05, 0.1) is 6.42 Å². The Kier molecular flexibility index (Phi) is 13.8. The van der Waals surface area contributed by atoms with Gasteiger partial charge in [0.2, 0.25) is 5.91 Å². The fraction of sp³-hybridized carbons (Fsp3) is 0.321. The minimum atomic E-state index is -1.81. The van der Waals surface area contributed by atoms with Crippen LogP contribution in [0.15, 0.2) is 96.2 Å². The number of rotatable bonds is 0. The SMILES string of the molecule is CC1=C\C=C\C=CC(C)CNC(=O)CC(=O)/C=C/C(C)=C/C=C/C(=O)C(O)[C@H](O)[C@H](O)\C=C\C=C\1. The van der Waals surface area contributed by atoms with Crippen LogP contribution in [0.4, 0.5) is 0 Å². The lowest BCUT2D eigenvalue weighted by Gasteiger charge is -2.18. The minimum Gasteiger partial charge on any atom is -0.387 e. The van der Waals surface area contributed by atoms with Crippen LogP contribution >= 0.6 is 0 Å². The van der Waals surface area contributed by atoms with Crippen molar-refractivity contribution in [2.75, 3.05) is 6.54 Å². The topological polar surface area (TPSA) is 124 Å². The molecule has 0 spiro atoms. The number of nitrogens with one attached hydrogen (secondary N) is 1. The highest BCUT2D eigenvalue weighted by atomic mass is 16.4. The van der Waals surface area contributed by atoms with Crippen molar-refractivity contribution in [1.29, 1.82) is 0 Å². The molecule has 1 aliphatic heterocycles. The van der Waals surface area contributed by atoms with Crippen LogP contribution in [-0.2, 0) is 14.4 Å². The van der Waals surface area contributed by atoms with Crippen LogP contribution in [0, 0.1) is 5.92 Å². The number of aliphatic hydroxyl groups is 3. The van der Waals surface area contributed by atoms with Crippen LogP contribution in [-0.4, -0.2) is 57.6 Å². The Hall–Kier alpha value is -3.39. The monoisotopic (exact) mass is 481 g/mol. The van der Waals surface area contributed by atoms with Crippen molar-refractivity contribution in [2.45, 2.75) is 45.5 Å². The van der Waals surface area contributed by atoms with E-state index in [9.17, 15) is 29.7 Å². The van der Waals surface area contributed by atoms with Gasteiger partial charge < -0.3 is 20.6 Å². The summed E-state index contributed by atoms with van der Waals surface area (Å²) in [5.74, 6) is -1.42. The molecule has 0 radical (unpaired) electrons. The Morgan fingerprint density at radius 3 is 2.17 bits per heavy atom. The molecule has 0 saturated heterocycles. The van der Waals surface area contributed by atoms with Gasteiger partial charge in [-0.05, 0) is 31.9 Å². The zero-order chi connectivity index (χ0) is 26.2. The summed E-state index contributed by atoms with van der Waals surface area (Å²) in [6.07, 6.45) is 17.2. The molecule has 0 aromatic heterocycles. The highest BCUT2D eigenvalue weighted by Crippen LogP contribution is 2.06. The van der Waals surface area contributed by atoms with E-state index in [1.54, 1.807) is 19.1 Å². The zero-order valence-corrected chi connectivity index (χ0v) is 20.4. The minimum absolute atomic E-state index is 0.0860. The van der Waals surface area contributed by atoms with Crippen LogP contribution in [0.5, 0.6) is 0 Å². The van der Waals surface area contributed by atoms with E-state index in [1.165, 1.54) is 36.5 Å². The van der Waals surface area contributed by atoms with E-state index >= 15 is 0 Å². The van der Waals surface area contributed by atoms with E-state index in [-0.39, 0.29) is 24.0 Å². The van der Waals surface area contributed by atoms with E-state index < -0.39 is 24.1 Å². The van der Waals surface area contributed by atoms with E-state index in [2.05, 4.69) is 5.32 Å². The van der Waals surface area contributed by atoms with Crippen molar-refractivity contribution in [3.63, 3.8) is 0 Å². The number of amides is 1. The van der Waals surface area contributed by atoms with E-state index in [1.807, 2.05) is 44.2 Å². The number of allylic oxidation sites excluding steroid dienone is 13. The van der Waals surface area contributed by atoms with Gasteiger partial charge in [-0.1, -0.05) is 91.0 Å². The molecule has 2 unspecified atom stereocenters. The number of hydrogen-bond acceptors (Lipinski definition) is 6. The molecule has 0 fully saturated rings. The van der Waals surface area contributed by atoms with Gasteiger partial charge in [0.1, 0.15) is 18.3 Å². The summed E-state index contributed by atoms with van der Waals surface area (Å²) >= 11 is 0. The fourth-order valence-corrected chi connectivity index (χ4v) is 2.73. The predicted octanol–water partition coefficient (Wildman–Crippen LogP) is 2.59. The second-order valence-electron chi connectivity index (χ2n) is 8.28. The molecule has 1 amide bonds. The van der Waals surface area contributed by atoms with Crippen LogP contribution in [0.3, 0.4) is 0 Å². The maximum atomic E-state index is 12.1. The second-order valence-corrected chi connectivity index (χ2v) is 8.28. The zero-order valence-electron chi connectivity index (χ0n) is 20.4. The van der Waals surface area contributed by atoms with Gasteiger partial charge >= 0.3 is 0 Å². The molecule has 0 saturated carbocycles. The predicted molar refractivity (Wildman–Crippen MR) is 137 cm³/mol. The van der Waals surface area contributed by atoms with Crippen LogP contribution < -0.4 is 5.32 Å². The van der Waals surface area contributed by atoms with E-state index in [0.29, 0.717) is 12.1 Å². The van der Waals surface area contributed by atoms with Crippen molar-refractivity contribution in [3.05, 3.63) is 96.2 Å². The van der Waals surface area contributed by atoms with Gasteiger partial charge in [0, 0.05) is 6.54 Å². The van der Waals surface area contributed by atoms with Crippen molar-refractivity contribution in [2.24, 2.45) is 5.92 Å². The molecule has 4 N–H and O–H groups in total. The highest BCUT2D eigenvalue weighted by molar-refractivity contribution is 6.03. The summed E-state index contributed by atoms with van der Waals surface area (Å²) < 4.78 is 0. The summed E-state index contributed by atoms with van der Waals surface area (Å²) in [6.45, 7) is 5.95. The maximum Gasteiger partial charge on any atom is 0.227 e.